The molecule has 24 heavy (non-hydrogen) atoms. The summed E-state index contributed by atoms with van der Waals surface area (Å²) in [6.45, 7) is 0.914. The van der Waals surface area contributed by atoms with Crippen molar-refractivity contribution in [2.45, 2.75) is 25.7 Å². The van der Waals surface area contributed by atoms with Crippen LogP contribution in [0.3, 0.4) is 0 Å². The highest BCUT2D eigenvalue weighted by Gasteiger charge is 2.24. The van der Waals surface area contributed by atoms with Gasteiger partial charge in [-0.05, 0) is 36.6 Å². The maximum atomic E-state index is 12.9. The van der Waals surface area contributed by atoms with Crippen LogP contribution in [0.25, 0.3) is 0 Å². The highest BCUT2D eigenvalue weighted by molar-refractivity contribution is 6.01. The van der Waals surface area contributed by atoms with E-state index in [1.807, 2.05) is 31.2 Å². The van der Waals surface area contributed by atoms with Gasteiger partial charge < -0.3 is 9.84 Å². The molecule has 0 saturated carbocycles. The number of carboxylic acids is 1. The van der Waals surface area contributed by atoms with Crippen molar-refractivity contribution >= 4 is 11.8 Å². The van der Waals surface area contributed by atoms with E-state index in [2.05, 4.69) is 0 Å². The molecule has 0 radical (unpaired) electrons. The smallest absolute Gasteiger partial charge is 0.303 e. The van der Waals surface area contributed by atoms with E-state index in [0.29, 0.717) is 5.56 Å². The van der Waals surface area contributed by atoms with Crippen molar-refractivity contribution < 1.29 is 23.8 Å². The monoisotopic (exact) mass is 330 g/mol. The molecule has 0 aromatic heterocycles. The first-order valence-electron chi connectivity index (χ1n) is 7.63. The normalized spacial score (nSPS) is 11.8. The molecule has 0 fully saturated rings. The second-order valence-corrected chi connectivity index (χ2v) is 5.49. The summed E-state index contributed by atoms with van der Waals surface area (Å²) in [5.74, 6) is -1.45. The molecule has 5 heteroatoms. The highest BCUT2D eigenvalue weighted by atomic mass is 19.1. The number of ether oxygens (including phenoxy) is 1. The Morgan fingerprint density at radius 1 is 1.17 bits per heavy atom. The van der Waals surface area contributed by atoms with E-state index in [1.54, 1.807) is 18.2 Å². The maximum Gasteiger partial charge on any atom is 0.303 e. The summed E-state index contributed by atoms with van der Waals surface area (Å²) >= 11 is 0. The van der Waals surface area contributed by atoms with Crippen LogP contribution >= 0.6 is 0 Å². The maximum absolute atomic E-state index is 12.9. The van der Waals surface area contributed by atoms with Crippen molar-refractivity contribution in [2.75, 3.05) is 6.86 Å². The molecular weight excluding hydrogens is 311 g/mol. The van der Waals surface area contributed by atoms with Crippen LogP contribution in [0.2, 0.25) is 0 Å². The number of aryl methyl sites for hydroxylation is 1. The van der Waals surface area contributed by atoms with E-state index in [4.69, 9.17) is 9.84 Å². The van der Waals surface area contributed by atoms with Gasteiger partial charge in [0.05, 0.1) is 0 Å². The third-order valence-corrected chi connectivity index (χ3v) is 3.87. The number of benzene rings is 2. The molecule has 2 aromatic carbocycles. The number of hydrogen-bond donors (Lipinski definition) is 1. The third kappa shape index (κ3) is 4.41. The number of halogens is 1. The van der Waals surface area contributed by atoms with E-state index in [9.17, 15) is 14.0 Å². The number of ketones is 1. The summed E-state index contributed by atoms with van der Waals surface area (Å²) in [4.78, 5) is 23.9. The molecule has 0 bridgehead atoms. The molecule has 0 saturated heterocycles. The molecule has 4 nitrogen and oxygen atoms in total. The van der Waals surface area contributed by atoms with Gasteiger partial charge in [0.1, 0.15) is 5.75 Å². The molecule has 1 atom stereocenters. The quantitative estimate of drug-likeness (QED) is 0.739. The van der Waals surface area contributed by atoms with Gasteiger partial charge in [0, 0.05) is 17.9 Å². The predicted octanol–water partition coefficient (Wildman–Crippen LogP) is 4.13. The summed E-state index contributed by atoms with van der Waals surface area (Å²) in [6, 6.07) is 13.7. The first-order valence-corrected chi connectivity index (χ1v) is 7.63. The van der Waals surface area contributed by atoms with E-state index >= 15 is 0 Å². The average molecular weight is 330 g/mol. The minimum Gasteiger partial charge on any atom is -0.481 e. The zero-order valence-electron chi connectivity index (χ0n) is 13.4. The number of carboxylic acid groups (broad SMARTS) is 1. The lowest BCUT2D eigenvalue weighted by atomic mass is 9.85. The minimum atomic E-state index is -0.974. The number of carbonyl (C=O) groups is 2. The van der Waals surface area contributed by atoms with Crippen molar-refractivity contribution in [1.82, 2.24) is 0 Å². The Bertz CT molecular complexity index is 727. The van der Waals surface area contributed by atoms with Crippen molar-refractivity contribution in [2.24, 2.45) is 0 Å². The molecule has 2 aromatic rings. The highest BCUT2D eigenvalue weighted by Crippen LogP contribution is 2.29. The van der Waals surface area contributed by atoms with Gasteiger partial charge in [0.2, 0.25) is 6.86 Å². The van der Waals surface area contributed by atoms with Crippen molar-refractivity contribution in [3.63, 3.8) is 0 Å². The second kappa shape index (κ2) is 8.24. The van der Waals surface area contributed by atoms with Crippen LogP contribution in [-0.2, 0) is 4.79 Å². The molecule has 0 aliphatic rings. The van der Waals surface area contributed by atoms with Crippen LogP contribution in [0.1, 0.15) is 40.2 Å². The summed E-state index contributed by atoms with van der Waals surface area (Å²) < 4.78 is 17.1. The molecule has 0 aliphatic heterocycles. The molecule has 2 rings (SSSR count). The molecule has 126 valence electrons. The zero-order chi connectivity index (χ0) is 17.5. The Kier molecular flexibility index (Phi) is 6.07. The topological polar surface area (TPSA) is 63.6 Å². The van der Waals surface area contributed by atoms with Crippen LogP contribution in [0.4, 0.5) is 4.39 Å². The number of Topliss-reactive ketones (excluding diaryl/α,β-unsaturated/α-hetero) is 1. The van der Waals surface area contributed by atoms with E-state index < -0.39 is 18.7 Å². The lowest BCUT2D eigenvalue weighted by Crippen LogP contribution is -2.16. The summed E-state index contributed by atoms with van der Waals surface area (Å²) in [5, 5.41) is 8.97. The van der Waals surface area contributed by atoms with E-state index in [0.717, 1.165) is 11.1 Å². The van der Waals surface area contributed by atoms with Gasteiger partial charge in [0.15, 0.2) is 5.78 Å². The average Bonchev–Trinajstić information content (AvgIpc) is 2.56. The SMILES string of the molecule is Cc1ccccc1C(CCC(=O)O)C(=O)c1cccc(OCF)c1. The van der Waals surface area contributed by atoms with Crippen molar-refractivity contribution in [1.29, 1.82) is 0 Å². The lowest BCUT2D eigenvalue weighted by molar-refractivity contribution is -0.137. The second-order valence-electron chi connectivity index (χ2n) is 5.49. The number of rotatable bonds is 8. The van der Waals surface area contributed by atoms with Gasteiger partial charge in [-0.2, -0.15) is 0 Å². The summed E-state index contributed by atoms with van der Waals surface area (Å²) in [5.41, 5.74) is 2.11. The third-order valence-electron chi connectivity index (χ3n) is 3.87. The van der Waals surface area contributed by atoms with Crippen molar-refractivity contribution in [3.8, 4) is 5.75 Å². The molecule has 0 amide bonds. The van der Waals surface area contributed by atoms with Crippen LogP contribution < -0.4 is 4.74 Å². The van der Waals surface area contributed by atoms with Crippen LogP contribution in [0.5, 0.6) is 5.75 Å². The van der Waals surface area contributed by atoms with Gasteiger partial charge in [0.25, 0.3) is 0 Å². The summed E-state index contributed by atoms with van der Waals surface area (Å²) in [7, 11) is 0. The first-order chi connectivity index (χ1) is 11.5. The van der Waals surface area contributed by atoms with Gasteiger partial charge in [-0.25, -0.2) is 4.39 Å². The largest absolute Gasteiger partial charge is 0.481 e. The number of hydrogen-bond acceptors (Lipinski definition) is 3. The molecule has 1 N–H and O–H groups in total. The van der Waals surface area contributed by atoms with Gasteiger partial charge in [-0.1, -0.05) is 36.4 Å². The van der Waals surface area contributed by atoms with Crippen LogP contribution in [-0.4, -0.2) is 23.7 Å². The standard InChI is InChI=1S/C19H19FO4/c1-13-5-2-3-8-16(13)17(9-10-18(21)22)19(23)14-6-4-7-15(11-14)24-12-20/h2-8,11,17H,9-10,12H2,1H3,(H,21,22). The number of aliphatic carboxylic acids is 1. The van der Waals surface area contributed by atoms with E-state index in [1.165, 1.54) is 6.07 Å². The van der Waals surface area contributed by atoms with E-state index in [-0.39, 0.29) is 24.4 Å². The lowest BCUT2D eigenvalue weighted by Gasteiger charge is -2.18. The predicted molar refractivity (Wildman–Crippen MR) is 88.2 cm³/mol. The van der Waals surface area contributed by atoms with Crippen LogP contribution in [0, 0.1) is 6.92 Å². The fourth-order valence-electron chi connectivity index (χ4n) is 2.68. The Balaban J connectivity index is 2.35. The Hall–Kier alpha value is -2.69. The Morgan fingerprint density at radius 3 is 2.58 bits per heavy atom. The fourth-order valence-corrected chi connectivity index (χ4v) is 2.68. The molecule has 0 spiro atoms. The Labute approximate surface area is 139 Å². The molecular formula is C19H19FO4. The minimum absolute atomic E-state index is 0.106. The fraction of sp³-hybridized carbons (Fsp3) is 0.263. The van der Waals surface area contributed by atoms with Crippen LogP contribution in [0.15, 0.2) is 48.5 Å². The molecule has 0 aliphatic carbocycles. The molecule has 0 heterocycles. The van der Waals surface area contributed by atoms with Gasteiger partial charge in [-0.15, -0.1) is 0 Å². The zero-order valence-corrected chi connectivity index (χ0v) is 13.4. The summed E-state index contributed by atoms with van der Waals surface area (Å²) in [6.07, 6.45) is 0.0959. The molecule has 1 unspecified atom stereocenters. The Morgan fingerprint density at radius 2 is 1.92 bits per heavy atom. The van der Waals surface area contributed by atoms with Gasteiger partial charge in [-0.3, -0.25) is 9.59 Å². The van der Waals surface area contributed by atoms with Crippen molar-refractivity contribution in [3.05, 3.63) is 65.2 Å². The number of alkyl halides is 1. The first kappa shape index (κ1) is 17.7. The number of carbonyl (C=O) groups excluding carboxylic acids is 1. The van der Waals surface area contributed by atoms with Gasteiger partial charge >= 0.3 is 5.97 Å².